The summed E-state index contributed by atoms with van der Waals surface area (Å²) < 4.78 is 5.87. The lowest BCUT2D eigenvalue weighted by molar-refractivity contribution is 0.483. The SMILES string of the molecule is CC(C)(C)c1ccc(-c2cc(-c3ccc(Oc4ccccc4)cc3)nc(N)c2C#N)cc1. The molecule has 0 radical (unpaired) electrons. The summed E-state index contributed by atoms with van der Waals surface area (Å²) in [5.74, 6) is 1.74. The molecule has 4 heteroatoms. The molecule has 0 saturated carbocycles. The van der Waals surface area contributed by atoms with Crippen LogP contribution in [0.2, 0.25) is 0 Å². The third kappa shape index (κ3) is 4.48. The van der Waals surface area contributed by atoms with Crippen LogP contribution in [-0.2, 0) is 5.41 Å². The van der Waals surface area contributed by atoms with Gasteiger partial charge in [-0.15, -0.1) is 0 Å². The molecule has 0 bridgehead atoms. The maximum atomic E-state index is 9.70. The molecule has 0 amide bonds. The van der Waals surface area contributed by atoms with Crippen molar-refractivity contribution in [1.29, 1.82) is 5.26 Å². The summed E-state index contributed by atoms with van der Waals surface area (Å²) in [5.41, 5.74) is 11.2. The zero-order valence-corrected chi connectivity index (χ0v) is 18.5. The standard InChI is InChI=1S/C28H25N3O/c1-28(2,3)21-13-9-19(10-14-21)24-17-26(31-27(30)25(24)18-29)20-11-15-23(16-12-20)32-22-7-5-4-6-8-22/h4-17H,1-3H3,(H2,30,31). The second kappa shape index (κ2) is 8.56. The number of pyridine rings is 1. The minimum atomic E-state index is 0.0581. The van der Waals surface area contributed by atoms with Crippen LogP contribution in [0.4, 0.5) is 5.82 Å². The van der Waals surface area contributed by atoms with E-state index in [0.717, 1.165) is 28.2 Å². The quantitative estimate of drug-likeness (QED) is 0.388. The van der Waals surface area contributed by atoms with Gasteiger partial charge in [-0.1, -0.05) is 63.2 Å². The third-order valence-electron chi connectivity index (χ3n) is 5.35. The summed E-state index contributed by atoms with van der Waals surface area (Å²) in [5, 5.41) is 9.70. The number of anilines is 1. The largest absolute Gasteiger partial charge is 0.457 e. The average molecular weight is 420 g/mol. The Morgan fingerprint density at radius 1 is 0.812 bits per heavy atom. The van der Waals surface area contributed by atoms with Gasteiger partial charge in [-0.25, -0.2) is 4.98 Å². The van der Waals surface area contributed by atoms with E-state index in [4.69, 9.17) is 10.5 Å². The van der Waals surface area contributed by atoms with Crippen molar-refractivity contribution in [3.63, 3.8) is 0 Å². The van der Waals surface area contributed by atoms with Gasteiger partial charge in [-0.3, -0.25) is 0 Å². The lowest BCUT2D eigenvalue weighted by atomic mass is 9.86. The van der Waals surface area contributed by atoms with E-state index in [-0.39, 0.29) is 11.2 Å². The predicted molar refractivity (Wildman–Crippen MR) is 129 cm³/mol. The highest BCUT2D eigenvalue weighted by Crippen LogP contribution is 2.33. The van der Waals surface area contributed by atoms with E-state index in [1.54, 1.807) is 0 Å². The Morgan fingerprint density at radius 3 is 2.00 bits per heavy atom. The monoisotopic (exact) mass is 419 g/mol. The van der Waals surface area contributed by atoms with Crippen molar-refractivity contribution in [2.24, 2.45) is 0 Å². The molecular weight excluding hydrogens is 394 g/mol. The minimum Gasteiger partial charge on any atom is -0.457 e. The molecule has 0 fully saturated rings. The zero-order chi connectivity index (χ0) is 22.7. The molecule has 4 aromatic rings. The van der Waals surface area contributed by atoms with Crippen LogP contribution in [0.1, 0.15) is 31.9 Å². The summed E-state index contributed by atoms with van der Waals surface area (Å²) in [7, 11) is 0. The molecule has 4 rings (SSSR count). The molecule has 0 aliphatic rings. The number of ether oxygens (including phenoxy) is 1. The molecule has 0 unspecified atom stereocenters. The highest BCUT2D eigenvalue weighted by molar-refractivity contribution is 5.80. The van der Waals surface area contributed by atoms with Gasteiger partial charge in [0.15, 0.2) is 0 Å². The van der Waals surface area contributed by atoms with E-state index < -0.39 is 0 Å². The van der Waals surface area contributed by atoms with Crippen LogP contribution in [0.5, 0.6) is 11.5 Å². The fourth-order valence-corrected chi connectivity index (χ4v) is 3.53. The molecule has 32 heavy (non-hydrogen) atoms. The molecular formula is C28H25N3O. The van der Waals surface area contributed by atoms with Crippen molar-refractivity contribution in [2.45, 2.75) is 26.2 Å². The molecule has 0 spiro atoms. The van der Waals surface area contributed by atoms with Gasteiger partial charge in [0, 0.05) is 11.1 Å². The summed E-state index contributed by atoms with van der Waals surface area (Å²) in [4.78, 5) is 4.49. The van der Waals surface area contributed by atoms with Crippen LogP contribution in [-0.4, -0.2) is 4.98 Å². The molecule has 0 aliphatic carbocycles. The second-order valence-electron chi connectivity index (χ2n) is 8.69. The van der Waals surface area contributed by atoms with Crippen LogP contribution in [0.15, 0.2) is 84.9 Å². The van der Waals surface area contributed by atoms with Gasteiger partial charge in [-0.2, -0.15) is 5.26 Å². The fourth-order valence-electron chi connectivity index (χ4n) is 3.53. The summed E-state index contributed by atoms with van der Waals surface area (Å²) in [6, 6.07) is 29.7. The number of hydrogen-bond acceptors (Lipinski definition) is 4. The molecule has 0 atom stereocenters. The zero-order valence-electron chi connectivity index (χ0n) is 18.5. The Balaban J connectivity index is 1.69. The van der Waals surface area contributed by atoms with E-state index in [1.165, 1.54) is 5.56 Å². The second-order valence-corrected chi connectivity index (χ2v) is 8.69. The number of para-hydroxylation sites is 1. The van der Waals surface area contributed by atoms with Crippen LogP contribution < -0.4 is 10.5 Å². The summed E-state index contributed by atoms with van der Waals surface area (Å²) >= 11 is 0. The number of nitrogens with two attached hydrogens (primary N) is 1. The Kier molecular flexibility index (Phi) is 5.66. The van der Waals surface area contributed by atoms with Crippen molar-refractivity contribution in [2.75, 3.05) is 5.73 Å². The van der Waals surface area contributed by atoms with Gasteiger partial charge in [0.05, 0.1) is 5.69 Å². The first-order chi connectivity index (χ1) is 15.3. The topological polar surface area (TPSA) is 71.9 Å². The maximum Gasteiger partial charge on any atom is 0.142 e. The lowest BCUT2D eigenvalue weighted by Gasteiger charge is -2.19. The molecule has 4 nitrogen and oxygen atoms in total. The highest BCUT2D eigenvalue weighted by Gasteiger charge is 2.16. The molecule has 0 saturated heterocycles. The molecule has 2 N–H and O–H groups in total. The Hall–Kier alpha value is -4.10. The smallest absolute Gasteiger partial charge is 0.142 e. The Morgan fingerprint density at radius 2 is 1.41 bits per heavy atom. The first kappa shape index (κ1) is 21.1. The number of nitrogen functional groups attached to an aromatic ring is 1. The molecule has 1 heterocycles. The van der Waals surface area contributed by atoms with Crippen LogP contribution in [0.3, 0.4) is 0 Å². The number of nitrogens with zero attached hydrogens (tertiary/aromatic N) is 2. The molecule has 0 aliphatic heterocycles. The maximum absolute atomic E-state index is 9.70. The van der Waals surface area contributed by atoms with Crippen molar-refractivity contribution in [1.82, 2.24) is 4.98 Å². The fraction of sp³-hybridized carbons (Fsp3) is 0.143. The Labute approximate surface area is 188 Å². The number of hydrogen-bond donors (Lipinski definition) is 1. The predicted octanol–water partition coefficient (Wildman–Crippen LogP) is 6.96. The van der Waals surface area contributed by atoms with Crippen LogP contribution in [0, 0.1) is 11.3 Å². The van der Waals surface area contributed by atoms with E-state index in [1.807, 2.05) is 72.8 Å². The van der Waals surface area contributed by atoms with E-state index >= 15 is 0 Å². The van der Waals surface area contributed by atoms with Crippen molar-refractivity contribution < 1.29 is 4.74 Å². The number of benzene rings is 3. The van der Waals surface area contributed by atoms with Crippen molar-refractivity contribution >= 4 is 5.82 Å². The third-order valence-corrected chi connectivity index (χ3v) is 5.35. The summed E-state index contributed by atoms with van der Waals surface area (Å²) in [6.45, 7) is 6.53. The molecule has 158 valence electrons. The van der Waals surface area contributed by atoms with Crippen LogP contribution in [0.25, 0.3) is 22.4 Å². The molecule has 3 aromatic carbocycles. The average Bonchev–Trinajstić information content (AvgIpc) is 2.79. The first-order valence-corrected chi connectivity index (χ1v) is 10.5. The van der Waals surface area contributed by atoms with Crippen LogP contribution >= 0.6 is 0 Å². The van der Waals surface area contributed by atoms with Gasteiger partial charge in [0.1, 0.15) is 28.9 Å². The minimum absolute atomic E-state index is 0.0581. The van der Waals surface area contributed by atoms with Gasteiger partial charge < -0.3 is 10.5 Å². The number of rotatable bonds is 4. The van der Waals surface area contributed by atoms with Crippen molar-refractivity contribution in [3.8, 4) is 40.0 Å². The normalized spacial score (nSPS) is 11.1. The molecule has 1 aromatic heterocycles. The first-order valence-electron chi connectivity index (χ1n) is 10.5. The van der Waals surface area contributed by atoms with E-state index in [0.29, 0.717) is 11.3 Å². The number of nitriles is 1. The van der Waals surface area contributed by atoms with Gasteiger partial charge in [0.2, 0.25) is 0 Å². The lowest BCUT2D eigenvalue weighted by Crippen LogP contribution is -2.10. The van der Waals surface area contributed by atoms with Gasteiger partial charge in [0.25, 0.3) is 0 Å². The van der Waals surface area contributed by atoms with Gasteiger partial charge >= 0.3 is 0 Å². The van der Waals surface area contributed by atoms with E-state index in [9.17, 15) is 5.26 Å². The Bertz CT molecular complexity index is 1260. The van der Waals surface area contributed by atoms with Gasteiger partial charge in [-0.05, 0) is 59.0 Å². The number of aromatic nitrogens is 1. The highest BCUT2D eigenvalue weighted by atomic mass is 16.5. The summed E-state index contributed by atoms with van der Waals surface area (Å²) in [6.07, 6.45) is 0. The van der Waals surface area contributed by atoms with Crippen molar-refractivity contribution in [3.05, 3.63) is 96.1 Å². The van der Waals surface area contributed by atoms with E-state index in [2.05, 4.69) is 44.0 Å².